The largest absolute Gasteiger partial charge is 0.416 e. The highest BCUT2D eigenvalue weighted by molar-refractivity contribution is 5.30. The maximum atomic E-state index is 12.8. The summed E-state index contributed by atoms with van der Waals surface area (Å²) in [5, 5.41) is 10.2. The summed E-state index contributed by atoms with van der Waals surface area (Å²) in [6, 6.07) is 5.74. The van der Waals surface area contributed by atoms with Gasteiger partial charge in [0, 0.05) is 19.1 Å². The van der Waals surface area contributed by atoms with Crippen molar-refractivity contribution in [2.24, 2.45) is 0 Å². The lowest BCUT2D eigenvalue weighted by Gasteiger charge is -2.42. The van der Waals surface area contributed by atoms with Crippen LogP contribution in [0, 0.1) is 0 Å². The normalized spacial score (nSPS) is 19.6. The van der Waals surface area contributed by atoms with Crippen LogP contribution in [-0.4, -0.2) is 34.7 Å². The lowest BCUT2D eigenvalue weighted by molar-refractivity contribution is -0.137. The fourth-order valence-corrected chi connectivity index (χ4v) is 3.77. The Labute approximate surface area is 161 Å². The number of piperidine rings is 1. The lowest BCUT2D eigenvalue weighted by atomic mass is 9.77. The maximum Gasteiger partial charge on any atom is 0.416 e. The number of rotatable bonds is 5. The quantitative estimate of drug-likeness (QED) is 0.674. The molecule has 1 N–H and O–H groups in total. The minimum atomic E-state index is -4.31. The van der Waals surface area contributed by atoms with Gasteiger partial charge >= 0.3 is 6.18 Å². The minimum absolute atomic E-state index is 0.198. The molecule has 1 aliphatic heterocycles. The molecular formula is C22H32F3NO. The van der Waals surface area contributed by atoms with Crippen molar-refractivity contribution < 1.29 is 18.3 Å². The summed E-state index contributed by atoms with van der Waals surface area (Å²) in [4.78, 5) is 2.39. The number of halogens is 3. The average molecular weight is 383 g/mol. The molecule has 152 valence electrons. The molecule has 2 rings (SSSR count). The van der Waals surface area contributed by atoms with Gasteiger partial charge in [0.25, 0.3) is 0 Å². The van der Waals surface area contributed by atoms with Crippen LogP contribution in [0.15, 0.2) is 35.9 Å². The van der Waals surface area contributed by atoms with E-state index in [-0.39, 0.29) is 11.5 Å². The van der Waals surface area contributed by atoms with Crippen LogP contribution in [0.5, 0.6) is 0 Å². The number of allylic oxidation sites excluding steroid dienone is 1. The molecule has 0 saturated carbocycles. The number of alkyl halides is 3. The third-order valence-corrected chi connectivity index (χ3v) is 5.58. The molecule has 1 aromatic carbocycles. The van der Waals surface area contributed by atoms with E-state index in [2.05, 4.69) is 38.7 Å². The number of hydrogen-bond donors (Lipinski definition) is 1. The molecule has 0 bridgehead atoms. The monoisotopic (exact) mass is 383 g/mol. The first-order valence-corrected chi connectivity index (χ1v) is 9.59. The molecule has 1 aliphatic rings. The summed E-state index contributed by atoms with van der Waals surface area (Å²) in [7, 11) is 0. The van der Waals surface area contributed by atoms with Gasteiger partial charge in [0.1, 0.15) is 0 Å². The fraction of sp³-hybridized carbons (Fsp3) is 0.636. The van der Waals surface area contributed by atoms with Gasteiger partial charge in [-0.2, -0.15) is 13.2 Å². The highest BCUT2D eigenvalue weighted by Gasteiger charge is 2.34. The SMILES string of the molecule is CC(C)=C[C@@H](CC(C)(C)c1ccc(C(F)(F)F)cc1)N1CCC(C)(O)CC1. The van der Waals surface area contributed by atoms with Crippen molar-refractivity contribution in [3.8, 4) is 0 Å². The van der Waals surface area contributed by atoms with Crippen molar-refractivity contribution in [1.29, 1.82) is 0 Å². The fourth-order valence-electron chi connectivity index (χ4n) is 3.77. The Kier molecular flexibility index (Phi) is 6.48. The van der Waals surface area contributed by atoms with Gasteiger partial charge in [0.2, 0.25) is 0 Å². The highest BCUT2D eigenvalue weighted by atomic mass is 19.4. The molecular weight excluding hydrogens is 351 g/mol. The second-order valence-corrected chi connectivity index (χ2v) is 9.01. The first-order chi connectivity index (χ1) is 12.3. The molecule has 0 aliphatic carbocycles. The van der Waals surface area contributed by atoms with Gasteiger partial charge in [-0.1, -0.05) is 37.6 Å². The zero-order chi connectivity index (χ0) is 20.5. The lowest BCUT2D eigenvalue weighted by Crippen LogP contribution is -2.48. The van der Waals surface area contributed by atoms with E-state index in [9.17, 15) is 18.3 Å². The molecule has 5 heteroatoms. The van der Waals surface area contributed by atoms with Crippen LogP contribution in [0.3, 0.4) is 0 Å². The minimum Gasteiger partial charge on any atom is -0.390 e. The Morgan fingerprint density at radius 2 is 1.59 bits per heavy atom. The molecule has 1 saturated heterocycles. The molecule has 1 heterocycles. The van der Waals surface area contributed by atoms with Crippen molar-refractivity contribution in [1.82, 2.24) is 4.90 Å². The maximum absolute atomic E-state index is 12.8. The van der Waals surface area contributed by atoms with Crippen LogP contribution in [0.25, 0.3) is 0 Å². The molecule has 1 fully saturated rings. The van der Waals surface area contributed by atoms with E-state index in [1.165, 1.54) is 17.7 Å². The van der Waals surface area contributed by atoms with Crippen LogP contribution in [-0.2, 0) is 11.6 Å². The second kappa shape index (κ2) is 7.96. The first-order valence-electron chi connectivity index (χ1n) is 9.59. The van der Waals surface area contributed by atoms with E-state index in [4.69, 9.17) is 0 Å². The Balaban J connectivity index is 2.19. The molecule has 1 aromatic rings. The Hall–Kier alpha value is -1.33. The summed E-state index contributed by atoms with van der Waals surface area (Å²) < 4.78 is 38.5. The summed E-state index contributed by atoms with van der Waals surface area (Å²) in [6.07, 6.45) is 0.219. The van der Waals surface area contributed by atoms with Crippen LogP contribution in [0.1, 0.15) is 65.0 Å². The van der Waals surface area contributed by atoms with Crippen molar-refractivity contribution in [3.05, 3.63) is 47.0 Å². The van der Waals surface area contributed by atoms with E-state index in [0.717, 1.165) is 37.9 Å². The van der Waals surface area contributed by atoms with Crippen molar-refractivity contribution >= 4 is 0 Å². The Morgan fingerprint density at radius 1 is 1.11 bits per heavy atom. The topological polar surface area (TPSA) is 23.5 Å². The van der Waals surface area contributed by atoms with E-state index in [1.807, 2.05) is 6.92 Å². The molecule has 0 radical (unpaired) electrons. The van der Waals surface area contributed by atoms with Crippen molar-refractivity contribution in [2.75, 3.05) is 13.1 Å². The zero-order valence-electron chi connectivity index (χ0n) is 17.0. The van der Waals surface area contributed by atoms with E-state index >= 15 is 0 Å². The Morgan fingerprint density at radius 3 is 2.04 bits per heavy atom. The number of nitrogens with zero attached hydrogens (tertiary/aromatic N) is 1. The smallest absolute Gasteiger partial charge is 0.390 e. The van der Waals surface area contributed by atoms with E-state index in [1.54, 1.807) is 12.1 Å². The zero-order valence-corrected chi connectivity index (χ0v) is 17.0. The third kappa shape index (κ3) is 6.08. The standard InChI is InChI=1S/C22H32F3NO/c1-16(2)14-19(26-12-10-21(5,27)11-13-26)15-20(3,4)17-6-8-18(9-7-17)22(23,24)25/h6-9,14,19,27H,10-13,15H2,1-5H3/t19-/m0/s1. The van der Waals surface area contributed by atoms with Crippen molar-refractivity contribution in [2.45, 2.75) is 77.1 Å². The van der Waals surface area contributed by atoms with Crippen LogP contribution >= 0.6 is 0 Å². The average Bonchev–Trinajstić information content (AvgIpc) is 2.53. The van der Waals surface area contributed by atoms with Crippen molar-refractivity contribution in [3.63, 3.8) is 0 Å². The number of aliphatic hydroxyl groups is 1. The molecule has 0 unspecified atom stereocenters. The summed E-state index contributed by atoms with van der Waals surface area (Å²) in [5.74, 6) is 0. The molecule has 2 nitrogen and oxygen atoms in total. The summed E-state index contributed by atoms with van der Waals surface area (Å²) in [6.45, 7) is 11.8. The third-order valence-electron chi connectivity index (χ3n) is 5.58. The number of likely N-dealkylation sites (tertiary alicyclic amines) is 1. The second-order valence-electron chi connectivity index (χ2n) is 9.01. The van der Waals surface area contributed by atoms with Crippen LogP contribution < -0.4 is 0 Å². The molecule has 0 aromatic heterocycles. The number of hydrogen-bond acceptors (Lipinski definition) is 2. The van der Waals surface area contributed by atoms with E-state index < -0.39 is 17.3 Å². The summed E-state index contributed by atoms with van der Waals surface area (Å²) >= 11 is 0. The van der Waals surface area contributed by atoms with Crippen LogP contribution in [0.4, 0.5) is 13.2 Å². The molecule has 27 heavy (non-hydrogen) atoms. The summed E-state index contributed by atoms with van der Waals surface area (Å²) in [5.41, 5.74) is 0.656. The molecule has 0 spiro atoms. The van der Waals surface area contributed by atoms with Gasteiger partial charge in [-0.05, 0) is 63.1 Å². The molecule has 0 amide bonds. The Bertz CT molecular complexity index is 645. The van der Waals surface area contributed by atoms with Gasteiger partial charge in [-0.3, -0.25) is 4.90 Å². The van der Waals surface area contributed by atoms with Gasteiger partial charge in [0.15, 0.2) is 0 Å². The van der Waals surface area contributed by atoms with Gasteiger partial charge in [-0.25, -0.2) is 0 Å². The van der Waals surface area contributed by atoms with E-state index in [0.29, 0.717) is 0 Å². The molecule has 1 atom stereocenters. The predicted octanol–water partition coefficient (Wildman–Crippen LogP) is 5.55. The number of benzene rings is 1. The highest BCUT2D eigenvalue weighted by Crippen LogP contribution is 2.35. The first kappa shape index (κ1) is 22.0. The predicted molar refractivity (Wildman–Crippen MR) is 104 cm³/mol. The van der Waals surface area contributed by atoms with Crippen LogP contribution in [0.2, 0.25) is 0 Å². The van der Waals surface area contributed by atoms with Gasteiger partial charge in [0.05, 0.1) is 11.2 Å². The van der Waals surface area contributed by atoms with Gasteiger partial charge in [-0.15, -0.1) is 0 Å². The van der Waals surface area contributed by atoms with Gasteiger partial charge < -0.3 is 5.11 Å².